The van der Waals surface area contributed by atoms with Crippen LogP contribution in [0.1, 0.15) is 77.0 Å². The third kappa shape index (κ3) is 2.07. The molecule has 0 aromatic rings. The van der Waals surface area contributed by atoms with Gasteiger partial charge in [0.2, 0.25) is 0 Å². The zero-order chi connectivity index (χ0) is 13.8. The maximum atomic E-state index is 2.61. The van der Waals surface area contributed by atoms with Crippen molar-refractivity contribution < 1.29 is 0 Å². The normalized spacial score (nSPS) is 56.0. The van der Waals surface area contributed by atoms with Gasteiger partial charge in [-0.05, 0) is 118 Å². The number of rotatable bonds is 0. The third-order valence-corrected chi connectivity index (χ3v) is 8.82. The minimum absolute atomic E-state index is 1.10. The summed E-state index contributed by atoms with van der Waals surface area (Å²) in [4.78, 5) is 0. The van der Waals surface area contributed by atoms with E-state index >= 15 is 0 Å². The van der Waals surface area contributed by atoms with E-state index in [2.05, 4.69) is 6.42 Å². The van der Waals surface area contributed by atoms with Crippen LogP contribution >= 0.6 is 0 Å². The Morgan fingerprint density at radius 1 is 0.476 bits per heavy atom. The molecule has 5 aliphatic carbocycles. The molecule has 0 N–H and O–H groups in total. The second-order valence-corrected chi connectivity index (χ2v) is 9.27. The summed E-state index contributed by atoms with van der Waals surface area (Å²) < 4.78 is 0. The van der Waals surface area contributed by atoms with Crippen molar-refractivity contribution in [1.29, 1.82) is 0 Å². The highest BCUT2D eigenvalue weighted by Crippen LogP contribution is 2.60. The maximum Gasteiger partial charge on any atom is -0.0352 e. The Morgan fingerprint density at radius 3 is 1.90 bits per heavy atom. The molecule has 117 valence electrons. The van der Waals surface area contributed by atoms with Crippen LogP contribution in [0, 0.1) is 53.8 Å². The summed E-state index contributed by atoms with van der Waals surface area (Å²) in [5.41, 5.74) is 0. The van der Waals surface area contributed by atoms with E-state index in [4.69, 9.17) is 0 Å². The van der Waals surface area contributed by atoms with Crippen molar-refractivity contribution in [1.82, 2.24) is 0 Å². The smallest absolute Gasteiger partial charge is 0.0352 e. The van der Waals surface area contributed by atoms with Crippen LogP contribution in [0.5, 0.6) is 0 Å². The van der Waals surface area contributed by atoms with Crippen molar-refractivity contribution in [3.63, 3.8) is 0 Å². The van der Waals surface area contributed by atoms with E-state index in [9.17, 15) is 0 Å². The number of fused-ring (bicyclic) bond motifs is 7. The van der Waals surface area contributed by atoms with Gasteiger partial charge in [-0.15, -0.1) is 0 Å². The van der Waals surface area contributed by atoms with Gasteiger partial charge in [0.1, 0.15) is 0 Å². The van der Waals surface area contributed by atoms with Crippen LogP contribution < -0.4 is 0 Å². The van der Waals surface area contributed by atoms with Gasteiger partial charge < -0.3 is 0 Å². The first kappa shape index (κ1) is 13.4. The van der Waals surface area contributed by atoms with Gasteiger partial charge in [0.05, 0.1) is 0 Å². The third-order valence-electron chi connectivity index (χ3n) is 8.82. The molecule has 0 saturated heterocycles. The fourth-order valence-corrected chi connectivity index (χ4v) is 8.12. The first-order valence-electron chi connectivity index (χ1n) is 10.2. The number of hydrogen-bond acceptors (Lipinski definition) is 0. The Kier molecular flexibility index (Phi) is 3.38. The SMILES string of the molecule is [CH]1CCC2C(C1)CCC1C2CCC2C3CCCC3CCC21. The average molecular weight is 285 g/mol. The molecule has 8 atom stereocenters. The van der Waals surface area contributed by atoms with Crippen molar-refractivity contribution in [2.75, 3.05) is 0 Å². The molecule has 5 aliphatic rings. The maximum absolute atomic E-state index is 2.61. The van der Waals surface area contributed by atoms with E-state index in [1.165, 1.54) is 24.7 Å². The van der Waals surface area contributed by atoms with Gasteiger partial charge in [0, 0.05) is 0 Å². The minimum atomic E-state index is 1.10. The summed E-state index contributed by atoms with van der Waals surface area (Å²) in [6.07, 6.45) is 21.5. The van der Waals surface area contributed by atoms with Gasteiger partial charge in [-0.2, -0.15) is 0 Å². The fraction of sp³-hybridized carbons (Fsp3) is 0.952. The van der Waals surface area contributed by atoms with Crippen LogP contribution in [0.25, 0.3) is 0 Å². The molecular formula is C21H33. The van der Waals surface area contributed by atoms with E-state index in [0.29, 0.717) is 0 Å². The van der Waals surface area contributed by atoms with Crippen molar-refractivity contribution in [2.24, 2.45) is 47.3 Å². The standard InChI is InChI=1S/C21H33/c1-2-6-16-14(4-1)8-10-20-18(16)12-13-19-17-7-3-5-15(17)9-11-21(19)20/h1,14-21H,2-13H2. The highest BCUT2D eigenvalue weighted by Gasteiger charge is 2.51. The predicted molar refractivity (Wildman–Crippen MR) is 87.6 cm³/mol. The lowest BCUT2D eigenvalue weighted by molar-refractivity contribution is -0.0623. The lowest BCUT2D eigenvalue weighted by atomic mass is 9.49. The van der Waals surface area contributed by atoms with Gasteiger partial charge in [-0.25, -0.2) is 0 Å². The quantitative estimate of drug-likeness (QED) is 0.522. The van der Waals surface area contributed by atoms with E-state index in [1.807, 2.05) is 0 Å². The summed E-state index contributed by atoms with van der Waals surface area (Å²) in [6, 6.07) is 0. The summed E-state index contributed by atoms with van der Waals surface area (Å²) in [5.74, 6) is 9.19. The van der Waals surface area contributed by atoms with Crippen LogP contribution in [0.15, 0.2) is 0 Å². The first-order chi connectivity index (χ1) is 10.4. The topological polar surface area (TPSA) is 0 Å². The van der Waals surface area contributed by atoms with Gasteiger partial charge in [0.15, 0.2) is 0 Å². The Hall–Kier alpha value is 0. The highest BCUT2D eigenvalue weighted by molar-refractivity contribution is 5.02. The molecule has 0 heterocycles. The molecule has 5 saturated carbocycles. The van der Waals surface area contributed by atoms with Crippen molar-refractivity contribution in [3.8, 4) is 0 Å². The van der Waals surface area contributed by atoms with E-state index in [-0.39, 0.29) is 0 Å². The van der Waals surface area contributed by atoms with Crippen molar-refractivity contribution in [3.05, 3.63) is 6.42 Å². The monoisotopic (exact) mass is 285 g/mol. The van der Waals surface area contributed by atoms with Gasteiger partial charge in [-0.3, -0.25) is 0 Å². The molecule has 0 spiro atoms. The Labute approximate surface area is 131 Å². The molecule has 8 unspecified atom stereocenters. The summed E-state index contributed by atoms with van der Waals surface area (Å²) in [7, 11) is 0. The van der Waals surface area contributed by atoms with Crippen LogP contribution in [0.3, 0.4) is 0 Å². The minimum Gasteiger partial charge on any atom is -0.0527 e. The fourth-order valence-electron chi connectivity index (χ4n) is 8.12. The Morgan fingerprint density at radius 2 is 1.10 bits per heavy atom. The molecule has 5 rings (SSSR count). The van der Waals surface area contributed by atoms with Crippen LogP contribution in [-0.2, 0) is 0 Å². The second-order valence-electron chi connectivity index (χ2n) is 9.27. The first-order valence-corrected chi connectivity index (χ1v) is 10.2. The Balaban J connectivity index is 1.38. The molecule has 0 bridgehead atoms. The predicted octanol–water partition coefficient (Wildman–Crippen LogP) is 5.87. The summed E-state index contributed by atoms with van der Waals surface area (Å²) >= 11 is 0. The zero-order valence-corrected chi connectivity index (χ0v) is 13.7. The number of hydrogen-bond donors (Lipinski definition) is 0. The lowest BCUT2D eigenvalue weighted by Gasteiger charge is -2.56. The largest absolute Gasteiger partial charge is 0.0527 e. The molecule has 1 radical (unpaired) electrons. The van der Waals surface area contributed by atoms with Gasteiger partial charge >= 0.3 is 0 Å². The average Bonchev–Trinajstić information content (AvgIpc) is 3.03. The van der Waals surface area contributed by atoms with Crippen molar-refractivity contribution >= 4 is 0 Å². The van der Waals surface area contributed by atoms with Crippen LogP contribution in [-0.4, -0.2) is 0 Å². The summed E-state index contributed by atoms with van der Waals surface area (Å²) in [6.45, 7) is 0. The van der Waals surface area contributed by atoms with E-state index in [0.717, 1.165) is 35.5 Å². The van der Waals surface area contributed by atoms with Crippen LogP contribution in [0.4, 0.5) is 0 Å². The molecule has 0 aromatic carbocycles. The summed E-state index contributed by atoms with van der Waals surface area (Å²) in [5, 5.41) is 0. The molecule has 5 fully saturated rings. The van der Waals surface area contributed by atoms with Gasteiger partial charge in [-0.1, -0.05) is 12.8 Å². The molecule has 0 aromatic heterocycles. The molecule has 0 nitrogen and oxygen atoms in total. The van der Waals surface area contributed by atoms with Gasteiger partial charge in [0.25, 0.3) is 0 Å². The van der Waals surface area contributed by atoms with E-state index in [1.54, 1.807) is 64.2 Å². The second kappa shape index (κ2) is 5.27. The molecule has 0 heteroatoms. The van der Waals surface area contributed by atoms with Crippen molar-refractivity contribution in [2.45, 2.75) is 77.0 Å². The molecule has 0 amide bonds. The zero-order valence-electron chi connectivity index (χ0n) is 13.7. The van der Waals surface area contributed by atoms with Crippen LogP contribution in [0.2, 0.25) is 0 Å². The molecule has 21 heavy (non-hydrogen) atoms. The Bertz CT molecular complexity index is 385. The molecule has 0 aliphatic heterocycles. The lowest BCUT2D eigenvalue weighted by Crippen LogP contribution is -2.48. The highest BCUT2D eigenvalue weighted by atomic mass is 14.6. The van der Waals surface area contributed by atoms with E-state index < -0.39 is 0 Å². The molecular weight excluding hydrogens is 252 g/mol.